The largest absolute Gasteiger partial charge is 0.482 e. The maximum atomic E-state index is 11.4. The summed E-state index contributed by atoms with van der Waals surface area (Å²) in [5.41, 5.74) is -0.479. The maximum absolute atomic E-state index is 11.4. The first-order valence-corrected chi connectivity index (χ1v) is 6.51. The number of ether oxygens (including phenoxy) is 2. The van der Waals surface area contributed by atoms with E-state index in [9.17, 15) is 19.7 Å². The van der Waals surface area contributed by atoms with Crippen LogP contribution in [-0.4, -0.2) is 35.6 Å². The van der Waals surface area contributed by atoms with E-state index in [1.54, 1.807) is 0 Å². The topological polar surface area (TPSA) is 108 Å². The van der Waals surface area contributed by atoms with Gasteiger partial charge in [0.15, 0.2) is 13.2 Å². The van der Waals surface area contributed by atoms with E-state index in [4.69, 9.17) is 9.47 Å². The van der Waals surface area contributed by atoms with Crippen molar-refractivity contribution in [3.63, 3.8) is 0 Å². The predicted molar refractivity (Wildman–Crippen MR) is 77.4 cm³/mol. The molecule has 22 heavy (non-hydrogen) atoms. The van der Waals surface area contributed by atoms with Crippen molar-refractivity contribution in [3.8, 4) is 5.75 Å². The van der Waals surface area contributed by atoms with Gasteiger partial charge in [0, 0.05) is 17.7 Å². The van der Waals surface area contributed by atoms with Crippen LogP contribution in [0.2, 0.25) is 0 Å². The molecule has 0 saturated heterocycles. The minimum absolute atomic E-state index is 0.0752. The normalized spacial score (nSPS) is 10.7. The van der Waals surface area contributed by atoms with Crippen LogP contribution in [0.4, 0.5) is 5.69 Å². The number of rotatable bonds is 6. The Kier molecular flexibility index (Phi) is 5.85. The Morgan fingerprint density at radius 2 is 1.77 bits per heavy atom. The Hall–Kier alpha value is -2.64. The summed E-state index contributed by atoms with van der Waals surface area (Å²) >= 11 is 0. The Bertz CT molecular complexity index is 547. The number of non-ortho nitro benzene ring substituents is 1. The Morgan fingerprint density at radius 1 is 1.18 bits per heavy atom. The van der Waals surface area contributed by atoms with Gasteiger partial charge in [0.25, 0.3) is 11.6 Å². The molecule has 0 aromatic heterocycles. The molecule has 1 aromatic carbocycles. The van der Waals surface area contributed by atoms with Crippen LogP contribution < -0.4 is 10.1 Å². The lowest BCUT2D eigenvalue weighted by atomic mass is 10.1. The number of nitrogens with one attached hydrogen (secondary N) is 1. The fraction of sp³-hybridized carbons (Fsp3) is 0.429. The zero-order chi connectivity index (χ0) is 16.8. The Labute approximate surface area is 127 Å². The summed E-state index contributed by atoms with van der Waals surface area (Å²) in [6.07, 6.45) is 0. The number of nitro benzene ring substituents is 1. The fourth-order valence-corrected chi connectivity index (χ4v) is 1.45. The van der Waals surface area contributed by atoms with E-state index in [0.717, 1.165) is 0 Å². The van der Waals surface area contributed by atoms with Gasteiger partial charge in [-0.1, -0.05) is 0 Å². The van der Waals surface area contributed by atoms with Crippen LogP contribution in [0.5, 0.6) is 5.75 Å². The van der Waals surface area contributed by atoms with Crippen molar-refractivity contribution in [2.45, 2.75) is 26.3 Å². The Balaban J connectivity index is 2.34. The van der Waals surface area contributed by atoms with Gasteiger partial charge >= 0.3 is 5.97 Å². The zero-order valence-corrected chi connectivity index (χ0v) is 12.6. The van der Waals surface area contributed by atoms with Gasteiger partial charge in [-0.2, -0.15) is 0 Å². The molecule has 0 atom stereocenters. The van der Waals surface area contributed by atoms with Gasteiger partial charge in [0.2, 0.25) is 0 Å². The summed E-state index contributed by atoms with van der Waals surface area (Å²) in [4.78, 5) is 32.8. The number of benzene rings is 1. The monoisotopic (exact) mass is 310 g/mol. The molecule has 1 amide bonds. The molecule has 8 nitrogen and oxygen atoms in total. The first-order chi connectivity index (χ1) is 10.2. The second-order valence-electron chi connectivity index (χ2n) is 5.50. The lowest BCUT2D eigenvalue weighted by molar-refractivity contribution is -0.384. The van der Waals surface area contributed by atoms with Gasteiger partial charge in [0.05, 0.1) is 4.92 Å². The van der Waals surface area contributed by atoms with Crippen molar-refractivity contribution in [3.05, 3.63) is 34.4 Å². The molecule has 0 heterocycles. The molecular weight excluding hydrogens is 292 g/mol. The zero-order valence-electron chi connectivity index (χ0n) is 12.6. The van der Waals surface area contributed by atoms with Crippen LogP contribution in [0.3, 0.4) is 0 Å². The van der Waals surface area contributed by atoms with Crippen LogP contribution in [0, 0.1) is 10.1 Å². The van der Waals surface area contributed by atoms with E-state index in [1.807, 2.05) is 20.8 Å². The van der Waals surface area contributed by atoms with Crippen LogP contribution in [0.25, 0.3) is 0 Å². The molecule has 0 aliphatic heterocycles. The van der Waals surface area contributed by atoms with Gasteiger partial charge in [0.1, 0.15) is 5.75 Å². The van der Waals surface area contributed by atoms with E-state index >= 15 is 0 Å². The highest BCUT2D eigenvalue weighted by Crippen LogP contribution is 2.17. The number of carbonyl (C=O) groups is 2. The summed E-state index contributed by atoms with van der Waals surface area (Å²) in [5, 5.41) is 13.1. The average molecular weight is 310 g/mol. The number of hydrogen-bond acceptors (Lipinski definition) is 6. The van der Waals surface area contributed by atoms with E-state index in [2.05, 4.69) is 5.32 Å². The van der Waals surface area contributed by atoms with E-state index in [0.29, 0.717) is 5.75 Å². The fourth-order valence-electron chi connectivity index (χ4n) is 1.45. The van der Waals surface area contributed by atoms with Crippen LogP contribution in [-0.2, 0) is 14.3 Å². The van der Waals surface area contributed by atoms with Crippen molar-refractivity contribution < 1.29 is 24.0 Å². The summed E-state index contributed by atoms with van der Waals surface area (Å²) in [6.45, 7) is 4.65. The summed E-state index contributed by atoms with van der Waals surface area (Å²) < 4.78 is 9.86. The van der Waals surface area contributed by atoms with Gasteiger partial charge in [-0.3, -0.25) is 14.9 Å². The first kappa shape index (κ1) is 17.4. The number of nitrogens with zero attached hydrogens (tertiary/aromatic N) is 1. The minimum Gasteiger partial charge on any atom is -0.482 e. The predicted octanol–water partition coefficient (Wildman–Crippen LogP) is 1.43. The quantitative estimate of drug-likeness (QED) is 0.484. The van der Waals surface area contributed by atoms with Gasteiger partial charge in [-0.25, -0.2) is 4.79 Å². The van der Waals surface area contributed by atoms with Gasteiger partial charge in [-0.05, 0) is 32.9 Å². The molecule has 0 aliphatic carbocycles. The SMILES string of the molecule is CC(C)(C)NC(=O)COC(=O)COc1ccc([N+](=O)[O-])cc1. The molecule has 1 rings (SSSR count). The van der Waals surface area contributed by atoms with E-state index in [1.165, 1.54) is 24.3 Å². The van der Waals surface area contributed by atoms with Crippen molar-refractivity contribution in [2.75, 3.05) is 13.2 Å². The summed E-state index contributed by atoms with van der Waals surface area (Å²) in [7, 11) is 0. The number of carbonyl (C=O) groups excluding carboxylic acids is 2. The van der Waals surface area contributed by atoms with E-state index < -0.39 is 22.3 Å². The average Bonchev–Trinajstić information content (AvgIpc) is 2.41. The minimum atomic E-state index is -0.706. The highest BCUT2D eigenvalue weighted by molar-refractivity contribution is 5.81. The van der Waals surface area contributed by atoms with Gasteiger partial charge in [-0.15, -0.1) is 0 Å². The summed E-state index contributed by atoms with van der Waals surface area (Å²) in [6, 6.07) is 5.27. The molecule has 0 saturated carbocycles. The molecular formula is C14H18N2O6. The van der Waals surface area contributed by atoms with Crippen molar-refractivity contribution in [2.24, 2.45) is 0 Å². The van der Waals surface area contributed by atoms with Crippen LogP contribution in [0.15, 0.2) is 24.3 Å². The Morgan fingerprint density at radius 3 is 2.27 bits per heavy atom. The first-order valence-electron chi connectivity index (χ1n) is 6.51. The van der Waals surface area contributed by atoms with Crippen molar-refractivity contribution in [1.82, 2.24) is 5.32 Å². The molecule has 120 valence electrons. The molecule has 1 aromatic rings. The second-order valence-corrected chi connectivity index (χ2v) is 5.50. The number of hydrogen-bond donors (Lipinski definition) is 1. The summed E-state index contributed by atoms with van der Waals surface area (Å²) in [5.74, 6) is -0.819. The third-order valence-electron chi connectivity index (χ3n) is 2.28. The highest BCUT2D eigenvalue weighted by Gasteiger charge is 2.15. The lowest BCUT2D eigenvalue weighted by Crippen LogP contribution is -2.43. The van der Waals surface area contributed by atoms with Crippen molar-refractivity contribution >= 4 is 17.6 Å². The van der Waals surface area contributed by atoms with Crippen LogP contribution in [0.1, 0.15) is 20.8 Å². The molecule has 8 heteroatoms. The van der Waals surface area contributed by atoms with E-state index in [-0.39, 0.29) is 18.9 Å². The second kappa shape index (κ2) is 7.39. The molecule has 0 radical (unpaired) electrons. The molecule has 0 aliphatic rings. The number of nitro groups is 1. The van der Waals surface area contributed by atoms with Crippen LogP contribution >= 0.6 is 0 Å². The molecule has 0 bridgehead atoms. The molecule has 1 N–H and O–H groups in total. The van der Waals surface area contributed by atoms with Crippen molar-refractivity contribution in [1.29, 1.82) is 0 Å². The van der Waals surface area contributed by atoms with Gasteiger partial charge < -0.3 is 14.8 Å². The molecule has 0 unspecified atom stereocenters. The lowest BCUT2D eigenvalue weighted by Gasteiger charge is -2.20. The molecule has 0 spiro atoms. The highest BCUT2D eigenvalue weighted by atomic mass is 16.6. The molecule has 0 fully saturated rings. The third kappa shape index (κ3) is 6.69. The number of amides is 1. The third-order valence-corrected chi connectivity index (χ3v) is 2.28. The smallest absolute Gasteiger partial charge is 0.344 e. The standard InChI is InChI=1S/C14H18N2O6/c1-14(2,3)15-12(17)8-22-13(18)9-21-11-6-4-10(5-7-11)16(19)20/h4-7H,8-9H2,1-3H3,(H,15,17). The maximum Gasteiger partial charge on any atom is 0.344 e. The number of esters is 1.